The van der Waals surface area contributed by atoms with Gasteiger partial charge in [0.15, 0.2) is 0 Å². The average Bonchev–Trinajstić information content (AvgIpc) is 3.31. The Morgan fingerprint density at radius 1 is 0.464 bits per heavy atom. The summed E-state index contributed by atoms with van der Waals surface area (Å²) >= 11 is 0. The summed E-state index contributed by atoms with van der Waals surface area (Å²) in [4.78, 5) is 53.6. The molecule has 0 bridgehead atoms. The second-order valence-electron chi connectivity index (χ2n) is 15.7. The normalized spacial score (nSPS) is 8.94. The topological polar surface area (TPSA) is 260 Å². The lowest BCUT2D eigenvalue weighted by Crippen LogP contribution is -2.12. The molecule has 4 rings (SSSR count). The van der Waals surface area contributed by atoms with E-state index in [1.54, 1.807) is 36.4 Å². The molecule has 0 fully saturated rings. The minimum Gasteiger partial charge on any atom is -0.469 e. The van der Waals surface area contributed by atoms with Crippen molar-refractivity contribution in [2.24, 2.45) is 0 Å². The van der Waals surface area contributed by atoms with Gasteiger partial charge in [-0.15, -0.1) is 0 Å². The van der Waals surface area contributed by atoms with Gasteiger partial charge in [0.25, 0.3) is 0 Å². The fraction of sp³-hybridized carbons (Fsp3) is 0.442. The van der Waals surface area contributed by atoms with E-state index < -0.39 is 12.2 Å². The molecule has 69 heavy (non-hydrogen) atoms. The summed E-state index contributed by atoms with van der Waals surface area (Å²) in [5, 5.41) is 5.06. The molecule has 0 saturated carbocycles. The Balaban J connectivity index is -0.000000371. The van der Waals surface area contributed by atoms with Crippen LogP contribution in [0, 0.1) is 27.7 Å². The molecular formula is C52H85BN6O10. The number of nitrogens with one attached hydrogen (secondary N) is 2. The van der Waals surface area contributed by atoms with Gasteiger partial charge in [-0.2, -0.15) is 0 Å². The van der Waals surface area contributed by atoms with Crippen LogP contribution in [-0.2, 0) is 50.9 Å². The number of unbranched alkanes of at least 4 members (excludes halogenated alkanes) is 2. The van der Waals surface area contributed by atoms with Crippen LogP contribution in [0.5, 0.6) is 0 Å². The lowest BCUT2D eigenvalue weighted by Gasteiger charge is -2.08. The van der Waals surface area contributed by atoms with Crippen LogP contribution in [0.25, 0.3) is 0 Å². The van der Waals surface area contributed by atoms with E-state index in [1.807, 2.05) is 64.1 Å². The highest BCUT2D eigenvalue weighted by molar-refractivity contribution is 6.54. The third-order valence-electron chi connectivity index (χ3n) is 8.58. The van der Waals surface area contributed by atoms with E-state index in [4.69, 9.17) is 22.9 Å². The Morgan fingerprint density at radius 3 is 1.07 bits per heavy atom. The van der Waals surface area contributed by atoms with E-state index in [1.165, 1.54) is 68.2 Å². The summed E-state index contributed by atoms with van der Waals surface area (Å²) in [6.45, 7) is 25.1. The van der Waals surface area contributed by atoms with E-state index >= 15 is 0 Å². The van der Waals surface area contributed by atoms with Crippen LogP contribution in [0.2, 0.25) is 20.5 Å². The molecule has 4 aromatic rings. The van der Waals surface area contributed by atoms with E-state index in [-0.39, 0.29) is 30.7 Å². The zero-order valence-electron chi connectivity index (χ0n) is 44.6. The van der Waals surface area contributed by atoms with E-state index in [2.05, 4.69) is 82.5 Å². The Bertz CT molecular complexity index is 2050. The highest BCUT2D eigenvalue weighted by atomic mass is 16.5. The molecule has 0 atom stereocenters. The van der Waals surface area contributed by atoms with Crippen LogP contribution < -0.4 is 33.6 Å². The molecule has 0 saturated heterocycles. The second-order valence-corrected chi connectivity index (χ2v) is 15.7. The number of amides is 2. The van der Waals surface area contributed by atoms with Crippen molar-refractivity contribution in [1.29, 1.82) is 0 Å². The highest BCUT2D eigenvalue weighted by Gasteiger charge is 2.09. The maximum absolute atomic E-state index is 11.2. The van der Waals surface area contributed by atoms with Crippen molar-refractivity contribution < 1.29 is 47.7 Å². The molecule has 0 heterocycles. The first-order valence-electron chi connectivity index (χ1n) is 22.7. The predicted octanol–water partition coefficient (Wildman–Crippen LogP) is 11.3. The van der Waals surface area contributed by atoms with E-state index in [0.717, 1.165) is 51.5 Å². The number of benzene rings is 4. The summed E-state index contributed by atoms with van der Waals surface area (Å²) in [7, 11) is 6.67. The van der Waals surface area contributed by atoms with Gasteiger partial charge < -0.3 is 46.6 Å². The largest absolute Gasteiger partial charge is 0.469 e. The maximum atomic E-state index is 11.2. The molecule has 0 spiro atoms. The number of methoxy groups -OCH3 is 5. The Kier molecular flexibility index (Phi) is 42.2. The van der Waals surface area contributed by atoms with Gasteiger partial charge in [-0.1, -0.05) is 98.1 Å². The van der Waals surface area contributed by atoms with Gasteiger partial charge in [-0.05, 0) is 110 Å². The van der Waals surface area contributed by atoms with Crippen molar-refractivity contribution >= 4 is 70.9 Å². The number of carbonyl (C=O) groups is 5. The van der Waals surface area contributed by atoms with Gasteiger partial charge in [0.1, 0.15) is 6.71 Å². The fourth-order valence-electron chi connectivity index (χ4n) is 3.99. The highest BCUT2D eigenvalue weighted by Crippen LogP contribution is 2.18. The van der Waals surface area contributed by atoms with E-state index in [9.17, 15) is 24.0 Å². The molecule has 17 heteroatoms. The number of hydrogen-bond acceptors (Lipinski definition) is 14. The Hall–Kier alpha value is -6.91. The van der Waals surface area contributed by atoms with Crippen molar-refractivity contribution in [3.8, 4) is 0 Å². The predicted molar refractivity (Wildman–Crippen MR) is 288 cm³/mol. The number of esters is 3. The number of carbonyl (C=O) groups excluding carboxylic acids is 5. The lowest BCUT2D eigenvalue weighted by molar-refractivity contribution is -0.140. The monoisotopic (exact) mass is 965 g/mol. The van der Waals surface area contributed by atoms with Crippen molar-refractivity contribution in [3.63, 3.8) is 0 Å². The van der Waals surface area contributed by atoms with Crippen LogP contribution in [0.15, 0.2) is 72.8 Å². The molecule has 0 aromatic heterocycles. The summed E-state index contributed by atoms with van der Waals surface area (Å²) in [5.41, 5.74) is 32.1. The summed E-state index contributed by atoms with van der Waals surface area (Å²) < 4.78 is 22.2. The number of aryl methyl sites for hydroxylation is 4. The molecule has 10 N–H and O–H groups in total. The molecule has 0 aliphatic rings. The minimum absolute atomic E-state index is 0.180. The molecule has 4 aromatic carbocycles. The quantitative estimate of drug-likeness (QED) is 0.0415. The van der Waals surface area contributed by atoms with Gasteiger partial charge in [0.2, 0.25) is 0 Å². The number of rotatable bonds is 8. The minimum atomic E-state index is -0.544. The molecule has 386 valence electrons. The average molecular weight is 965 g/mol. The molecule has 0 radical (unpaired) electrons. The van der Waals surface area contributed by atoms with Gasteiger partial charge >= 0.3 is 30.1 Å². The van der Waals surface area contributed by atoms with Crippen LogP contribution >= 0.6 is 0 Å². The number of nitrogens with two attached hydrogens (primary N) is 4. The molecule has 2 amide bonds. The van der Waals surface area contributed by atoms with Crippen LogP contribution in [0.3, 0.4) is 0 Å². The van der Waals surface area contributed by atoms with Crippen molar-refractivity contribution in [2.45, 2.75) is 121 Å². The van der Waals surface area contributed by atoms with Crippen LogP contribution in [0.1, 0.15) is 93.7 Å². The van der Waals surface area contributed by atoms with Gasteiger partial charge in [-0.3, -0.25) is 25.0 Å². The van der Waals surface area contributed by atoms with Crippen LogP contribution in [-0.4, -0.2) is 72.4 Å². The molecule has 0 aliphatic heterocycles. The zero-order chi connectivity index (χ0) is 54.1. The Morgan fingerprint density at radius 2 is 0.768 bits per heavy atom. The maximum Gasteiger partial charge on any atom is 0.411 e. The van der Waals surface area contributed by atoms with E-state index in [0.29, 0.717) is 22.7 Å². The zero-order valence-corrected chi connectivity index (χ0v) is 44.6. The van der Waals surface area contributed by atoms with Crippen LogP contribution in [0.4, 0.5) is 43.7 Å². The molecule has 16 nitrogen and oxygen atoms in total. The summed E-state index contributed by atoms with van der Waals surface area (Å²) in [5.74, 6) is -0.804. The van der Waals surface area contributed by atoms with Gasteiger partial charge in [-0.25, -0.2) is 9.59 Å². The van der Waals surface area contributed by atoms with Crippen molar-refractivity contribution in [1.82, 2.24) is 0 Å². The lowest BCUT2D eigenvalue weighted by atomic mass is 9.58. The standard InChI is InChI=1S/C12H15NO4.C10H13NO2.C9H12N2O2.C7H10N2.2C4H10.C3H9B.C3H6O2/c1-8-4-5-10(13-12(15)17-3)6-9(8)7-11(14)16-2;1-7-3-4-9(11)5-8(7)6-10(12)13-2;1-6-3-4-7(5-8(6)10)11-9(12)13-2;1-5-2-3-6(8)4-7(5)9;2*1-3-4-2;1-4(2)3;1-3(4)5-2/h4-6H,7H2,1-3H3,(H,13,15);3-5H,6,11H2,1-2H3;3-5H,10H2,1-2H3,(H,11,12);2-4H,8-9H2,1H3;2*3-4H2,1-2H3;1-3H3;1-2H3. The first-order chi connectivity index (χ1) is 32.4. The van der Waals surface area contributed by atoms with Crippen molar-refractivity contribution in [3.05, 3.63) is 106 Å². The number of nitrogen functional groups attached to an aromatic ring is 4. The number of hydrogen-bond donors (Lipinski definition) is 6. The molecule has 0 aliphatic carbocycles. The SMILES string of the molecule is CB(C)C.CCCC.CCCC.COC(=O)Cc1cc(N)ccc1C.COC(=O)Cc1cc(NC(=O)OC)ccc1C.COC(=O)Nc1ccc(C)c(N)c1.COC(C)=O.Cc1ccc(N)cc1N. The Labute approximate surface area is 414 Å². The number of ether oxygens (including phenoxy) is 5. The van der Waals surface area contributed by atoms with Crippen molar-refractivity contribution in [2.75, 3.05) is 69.1 Å². The summed E-state index contributed by atoms with van der Waals surface area (Å²) in [6, 6.07) is 21.6. The van der Waals surface area contributed by atoms with Gasteiger partial charge in [0.05, 0.1) is 48.4 Å². The second kappa shape index (κ2) is 42.4. The fourth-order valence-corrected chi connectivity index (χ4v) is 3.99. The molecular weight excluding hydrogens is 879 g/mol. The first-order valence-corrected chi connectivity index (χ1v) is 22.7. The van der Waals surface area contributed by atoms with Gasteiger partial charge in [0, 0.05) is 41.0 Å². The third-order valence-corrected chi connectivity index (χ3v) is 8.58. The first kappa shape index (κ1) is 68.7. The molecule has 0 unspecified atom stereocenters. The summed E-state index contributed by atoms with van der Waals surface area (Å²) in [6.07, 6.45) is 4.70. The smallest absolute Gasteiger partial charge is 0.411 e. The number of anilines is 6. The third kappa shape index (κ3) is 39.9.